The first-order valence-electron chi connectivity index (χ1n) is 9.09. The van der Waals surface area contributed by atoms with Crippen LogP contribution in [0.1, 0.15) is 31.1 Å². The predicted molar refractivity (Wildman–Crippen MR) is 102 cm³/mol. The first-order chi connectivity index (χ1) is 13.0. The minimum absolute atomic E-state index is 0.124. The number of furan rings is 1. The van der Waals surface area contributed by atoms with E-state index in [1.165, 1.54) is 16.2 Å². The van der Waals surface area contributed by atoms with Gasteiger partial charge in [0.25, 0.3) is 5.91 Å². The second-order valence-electron chi connectivity index (χ2n) is 6.69. The lowest BCUT2D eigenvalue weighted by Gasteiger charge is -2.31. The molecule has 8 heteroatoms. The number of morpholine rings is 1. The lowest BCUT2D eigenvalue weighted by molar-refractivity contribution is -0.907. The van der Waals surface area contributed by atoms with Crippen molar-refractivity contribution in [3.8, 4) is 11.3 Å². The molecule has 1 fully saturated rings. The van der Waals surface area contributed by atoms with Crippen LogP contribution < -0.4 is 10.2 Å². The summed E-state index contributed by atoms with van der Waals surface area (Å²) < 4.78 is 16.3. The highest BCUT2D eigenvalue weighted by Gasteiger charge is 2.29. The van der Waals surface area contributed by atoms with E-state index in [0.29, 0.717) is 28.4 Å². The summed E-state index contributed by atoms with van der Waals surface area (Å²) in [6.45, 7) is 7.93. The Hall–Kier alpha value is -2.16. The lowest BCUT2D eigenvalue weighted by atomic mass is 10.1. The molecule has 0 saturated carbocycles. The summed E-state index contributed by atoms with van der Waals surface area (Å²) in [4.78, 5) is 26.2. The van der Waals surface area contributed by atoms with Crippen molar-refractivity contribution < 1.29 is 28.4 Å². The van der Waals surface area contributed by atoms with Gasteiger partial charge in [-0.25, -0.2) is 4.79 Å². The minimum atomic E-state index is -0.471. The van der Waals surface area contributed by atoms with Crippen molar-refractivity contribution in [2.24, 2.45) is 0 Å². The number of amides is 1. The maximum absolute atomic E-state index is 12.6. The molecular formula is C19H25N2O5S+. The van der Waals surface area contributed by atoms with Gasteiger partial charge < -0.3 is 24.1 Å². The standard InChI is InChI=1S/C19H24N2O5S/c1-4-24-19(23)17-14(15-6-5-7-25-15)11-27-18(17)20-16(22)10-21-8-12(2)26-13(3)9-21/h5-7,11-13H,4,8-10H2,1-3H3,(H,20,22)/p+1/t12-,13-/m1/s1. The van der Waals surface area contributed by atoms with Gasteiger partial charge >= 0.3 is 5.97 Å². The van der Waals surface area contributed by atoms with Gasteiger partial charge in [-0.1, -0.05) is 0 Å². The molecule has 2 N–H and O–H groups in total. The molecule has 7 nitrogen and oxygen atoms in total. The summed E-state index contributed by atoms with van der Waals surface area (Å²) in [5, 5.41) is 5.17. The van der Waals surface area contributed by atoms with Crippen LogP contribution in [0.2, 0.25) is 0 Å². The molecule has 0 spiro atoms. The van der Waals surface area contributed by atoms with E-state index in [9.17, 15) is 9.59 Å². The fraction of sp³-hybridized carbons (Fsp3) is 0.474. The Labute approximate surface area is 162 Å². The summed E-state index contributed by atoms with van der Waals surface area (Å²) in [5.74, 6) is -0.0395. The zero-order valence-electron chi connectivity index (χ0n) is 15.7. The molecule has 0 aromatic carbocycles. The van der Waals surface area contributed by atoms with Gasteiger partial charge in [0.2, 0.25) is 0 Å². The number of nitrogens with one attached hydrogen (secondary N) is 2. The van der Waals surface area contributed by atoms with Crippen LogP contribution in [0.5, 0.6) is 0 Å². The van der Waals surface area contributed by atoms with Crippen LogP contribution in [0.15, 0.2) is 28.2 Å². The molecule has 0 aliphatic carbocycles. The van der Waals surface area contributed by atoms with Crippen molar-refractivity contribution in [2.45, 2.75) is 33.0 Å². The zero-order valence-corrected chi connectivity index (χ0v) is 16.6. The van der Waals surface area contributed by atoms with Gasteiger partial charge in [-0.05, 0) is 32.9 Å². The number of hydrogen-bond acceptors (Lipinski definition) is 6. The Bertz CT molecular complexity index is 776. The summed E-state index contributed by atoms with van der Waals surface area (Å²) in [7, 11) is 0. The topological polar surface area (TPSA) is 82.2 Å². The highest BCUT2D eigenvalue weighted by Crippen LogP contribution is 2.36. The number of carbonyl (C=O) groups is 2. The van der Waals surface area contributed by atoms with Crippen molar-refractivity contribution in [1.82, 2.24) is 0 Å². The fourth-order valence-electron chi connectivity index (χ4n) is 3.40. The van der Waals surface area contributed by atoms with E-state index in [1.807, 2.05) is 13.8 Å². The number of ether oxygens (including phenoxy) is 2. The van der Waals surface area contributed by atoms with E-state index >= 15 is 0 Å². The third-order valence-corrected chi connectivity index (χ3v) is 5.23. The zero-order chi connectivity index (χ0) is 19.4. The van der Waals surface area contributed by atoms with Crippen LogP contribution in [-0.4, -0.2) is 50.3 Å². The molecule has 146 valence electrons. The van der Waals surface area contributed by atoms with E-state index in [2.05, 4.69) is 5.32 Å². The van der Waals surface area contributed by atoms with Crippen molar-refractivity contribution in [1.29, 1.82) is 0 Å². The van der Waals surface area contributed by atoms with Gasteiger partial charge in [-0.15, -0.1) is 11.3 Å². The molecule has 27 heavy (non-hydrogen) atoms. The summed E-state index contributed by atoms with van der Waals surface area (Å²) in [6.07, 6.45) is 1.79. The molecule has 3 rings (SSSR count). The summed E-state index contributed by atoms with van der Waals surface area (Å²) in [5.41, 5.74) is 0.962. The van der Waals surface area contributed by atoms with Gasteiger partial charge in [0.05, 0.1) is 12.9 Å². The summed E-state index contributed by atoms with van der Waals surface area (Å²) >= 11 is 1.29. The van der Waals surface area contributed by atoms with E-state index in [4.69, 9.17) is 13.9 Å². The summed E-state index contributed by atoms with van der Waals surface area (Å²) in [6, 6.07) is 3.53. The van der Waals surface area contributed by atoms with Crippen LogP contribution in [0.4, 0.5) is 5.00 Å². The Morgan fingerprint density at radius 1 is 1.33 bits per heavy atom. The molecule has 1 saturated heterocycles. The molecule has 0 bridgehead atoms. The highest BCUT2D eigenvalue weighted by atomic mass is 32.1. The lowest BCUT2D eigenvalue weighted by Crippen LogP contribution is -3.16. The highest BCUT2D eigenvalue weighted by molar-refractivity contribution is 7.15. The molecule has 2 aromatic heterocycles. The quantitative estimate of drug-likeness (QED) is 0.732. The number of esters is 1. The van der Waals surface area contributed by atoms with E-state index < -0.39 is 5.97 Å². The van der Waals surface area contributed by atoms with Crippen LogP contribution in [-0.2, 0) is 14.3 Å². The van der Waals surface area contributed by atoms with Crippen LogP contribution in [0, 0.1) is 0 Å². The average Bonchev–Trinajstić information content (AvgIpc) is 3.23. The molecular weight excluding hydrogens is 368 g/mol. The average molecular weight is 393 g/mol. The van der Waals surface area contributed by atoms with Crippen molar-refractivity contribution in [3.63, 3.8) is 0 Å². The second-order valence-corrected chi connectivity index (χ2v) is 7.57. The van der Waals surface area contributed by atoms with Crippen molar-refractivity contribution in [3.05, 3.63) is 29.3 Å². The third kappa shape index (κ3) is 4.77. The Kier molecular flexibility index (Phi) is 6.30. The number of anilines is 1. The molecule has 1 aliphatic heterocycles. The maximum atomic E-state index is 12.6. The van der Waals surface area contributed by atoms with E-state index in [-0.39, 0.29) is 24.7 Å². The van der Waals surface area contributed by atoms with Gasteiger partial charge in [-0.2, -0.15) is 0 Å². The van der Waals surface area contributed by atoms with Crippen LogP contribution in [0.3, 0.4) is 0 Å². The molecule has 1 amide bonds. The van der Waals surface area contributed by atoms with Gasteiger partial charge in [0, 0.05) is 10.9 Å². The first-order valence-corrected chi connectivity index (χ1v) is 9.97. The third-order valence-electron chi connectivity index (χ3n) is 4.34. The molecule has 3 heterocycles. The van der Waals surface area contributed by atoms with E-state index in [1.54, 1.807) is 30.7 Å². The Morgan fingerprint density at radius 3 is 2.70 bits per heavy atom. The van der Waals surface area contributed by atoms with Crippen molar-refractivity contribution in [2.75, 3.05) is 31.6 Å². The monoisotopic (exact) mass is 393 g/mol. The molecule has 0 radical (unpaired) electrons. The fourth-order valence-corrected chi connectivity index (χ4v) is 4.35. The van der Waals surface area contributed by atoms with Crippen LogP contribution >= 0.6 is 11.3 Å². The minimum Gasteiger partial charge on any atom is -0.464 e. The van der Waals surface area contributed by atoms with E-state index in [0.717, 1.165) is 13.1 Å². The number of carbonyl (C=O) groups excluding carboxylic acids is 2. The number of quaternary nitrogens is 1. The second kappa shape index (κ2) is 8.69. The normalized spacial score (nSPS) is 22.4. The first kappa shape index (κ1) is 19.6. The van der Waals surface area contributed by atoms with Gasteiger partial charge in [0.1, 0.15) is 41.6 Å². The van der Waals surface area contributed by atoms with Crippen LogP contribution in [0.25, 0.3) is 11.3 Å². The molecule has 2 atom stereocenters. The van der Waals surface area contributed by atoms with Crippen molar-refractivity contribution >= 4 is 28.2 Å². The molecule has 0 unspecified atom stereocenters. The maximum Gasteiger partial charge on any atom is 0.341 e. The smallest absolute Gasteiger partial charge is 0.341 e. The Balaban J connectivity index is 1.76. The largest absolute Gasteiger partial charge is 0.464 e. The molecule has 1 aliphatic rings. The predicted octanol–water partition coefficient (Wildman–Crippen LogP) is 1.82. The Morgan fingerprint density at radius 2 is 2.07 bits per heavy atom. The van der Waals surface area contributed by atoms with Gasteiger partial charge in [-0.3, -0.25) is 4.79 Å². The SMILES string of the molecule is CCOC(=O)c1c(-c2ccco2)csc1NC(=O)C[NH+]1C[C@@H](C)O[C@H](C)C1. The number of rotatable bonds is 6. The molecule has 2 aromatic rings. The van der Waals surface area contributed by atoms with Gasteiger partial charge in [0.15, 0.2) is 6.54 Å². The number of hydrogen-bond donors (Lipinski definition) is 2. The number of thiophene rings is 1.